The lowest BCUT2D eigenvalue weighted by molar-refractivity contribution is -0.0402. The van der Waals surface area contributed by atoms with Crippen LogP contribution >= 0.6 is 23.1 Å². The van der Waals surface area contributed by atoms with Crippen molar-refractivity contribution in [2.24, 2.45) is 5.92 Å². The van der Waals surface area contributed by atoms with Crippen LogP contribution in [0.15, 0.2) is 5.16 Å². The van der Waals surface area contributed by atoms with E-state index in [9.17, 15) is 10.2 Å². The molecule has 0 bridgehead atoms. The summed E-state index contributed by atoms with van der Waals surface area (Å²) < 4.78 is 7.16. The van der Waals surface area contributed by atoms with Gasteiger partial charge in [0.15, 0.2) is 11.0 Å². The smallest absolute Gasteiger partial charge is 0.189 e. The molecule has 0 spiro atoms. The van der Waals surface area contributed by atoms with E-state index in [4.69, 9.17) is 19.7 Å². The number of aliphatic hydroxyl groups is 2. The van der Waals surface area contributed by atoms with Crippen molar-refractivity contribution in [1.82, 2.24) is 15.0 Å². The van der Waals surface area contributed by atoms with Gasteiger partial charge < -0.3 is 19.8 Å². The third kappa shape index (κ3) is 5.18. The van der Waals surface area contributed by atoms with E-state index in [1.807, 2.05) is 11.2 Å². The average Bonchev–Trinajstić information content (AvgIpc) is 3.08. The Bertz CT molecular complexity index is 1180. The summed E-state index contributed by atoms with van der Waals surface area (Å²) in [5.41, 5.74) is 4.26. The quantitative estimate of drug-likeness (QED) is 0.340. The van der Waals surface area contributed by atoms with Crippen LogP contribution in [0.5, 0.6) is 0 Å². The number of nitrogens with zero attached hydrogens (tertiary/aromatic N) is 4. The standard InChI is InChI=1S/C25H36N4O3S2/c1-13(2)8-18-17-12-32-25(5,6)9-16(17)19-20-21(34-23(19)26-18)22(28-24(27-20)33-7)29(10-14(3)30)11-15(4)31/h13-15,30-31H,8-12H2,1-7H3/t14-,15+. The van der Waals surface area contributed by atoms with Crippen LogP contribution in [-0.2, 0) is 24.2 Å². The van der Waals surface area contributed by atoms with E-state index in [1.54, 1.807) is 25.2 Å². The lowest BCUT2D eigenvalue weighted by Crippen LogP contribution is -2.37. The van der Waals surface area contributed by atoms with Gasteiger partial charge >= 0.3 is 0 Å². The van der Waals surface area contributed by atoms with Crippen molar-refractivity contribution >= 4 is 49.3 Å². The van der Waals surface area contributed by atoms with E-state index in [0.717, 1.165) is 44.8 Å². The molecule has 3 aromatic rings. The van der Waals surface area contributed by atoms with E-state index in [1.165, 1.54) is 22.9 Å². The Morgan fingerprint density at radius 3 is 2.32 bits per heavy atom. The lowest BCUT2D eigenvalue weighted by Gasteiger charge is -2.33. The minimum atomic E-state index is -0.558. The summed E-state index contributed by atoms with van der Waals surface area (Å²) in [7, 11) is 0. The first-order chi connectivity index (χ1) is 16.0. The molecule has 0 aromatic carbocycles. The number of thiophene rings is 1. The fourth-order valence-electron chi connectivity index (χ4n) is 4.65. The molecule has 0 aliphatic carbocycles. The van der Waals surface area contributed by atoms with E-state index in [0.29, 0.717) is 30.8 Å². The number of aromatic nitrogens is 3. The molecule has 0 amide bonds. The average molecular weight is 505 g/mol. The van der Waals surface area contributed by atoms with Gasteiger partial charge in [-0.05, 0) is 51.9 Å². The molecule has 0 unspecified atom stereocenters. The van der Waals surface area contributed by atoms with Crippen LogP contribution in [0.1, 0.15) is 58.4 Å². The van der Waals surface area contributed by atoms with Crippen LogP contribution in [0.3, 0.4) is 0 Å². The predicted molar refractivity (Wildman–Crippen MR) is 141 cm³/mol. The number of aliphatic hydroxyl groups excluding tert-OH is 2. The molecule has 186 valence electrons. The number of pyridine rings is 1. The van der Waals surface area contributed by atoms with Crippen LogP contribution in [0.4, 0.5) is 5.82 Å². The van der Waals surface area contributed by atoms with Gasteiger partial charge in [-0.1, -0.05) is 25.6 Å². The van der Waals surface area contributed by atoms with Gasteiger partial charge in [0.05, 0.1) is 34.6 Å². The number of hydrogen-bond donors (Lipinski definition) is 2. The van der Waals surface area contributed by atoms with Crippen molar-refractivity contribution in [3.63, 3.8) is 0 Å². The van der Waals surface area contributed by atoms with Gasteiger partial charge in [0.1, 0.15) is 4.83 Å². The van der Waals surface area contributed by atoms with E-state index >= 15 is 0 Å². The molecule has 7 nitrogen and oxygen atoms in total. The molecule has 2 N–H and O–H groups in total. The molecule has 4 rings (SSSR count). The first-order valence-electron chi connectivity index (χ1n) is 11.9. The molecule has 4 heterocycles. The summed E-state index contributed by atoms with van der Waals surface area (Å²) in [4.78, 5) is 17.9. The maximum atomic E-state index is 10.2. The minimum absolute atomic E-state index is 0.256. The molecular weight excluding hydrogens is 468 g/mol. The predicted octanol–water partition coefficient (Wildman–Crippen LogP) is 4.58. The Morgan fingerprint density at radius 2 is 1.74 bits per heavy atom. The Kier molecular flexibility index (Phi) is 7.41. The highest BCUT2D eigenvalue weighted by atomic mass is 32.2. The molecule has 9 heteroatoms. The largest absolute Gasteiger partial charge is 0.392 e. The van der Waals surface area contributed by atoms with Gasteiger partial charge in [-0.2, -0.15) is 0 Å². The zero-order valence-corrected chi connectivity index (χ0v) is 22.8. The molecule has 34 heavy (non-hydrogen) atoms. The van der Waals surface area contributed by atoms with Gasteiger partial charge in [0, 0.05) is 36.2 Å². The first kappa shape index (κ1) is 25.6. The van der Waals surface area contributed by atoms with Crippen LogP contribution in [0.2, 0.25) is 0 Å². The molecule has 1 aliphatic heterocycles. The first-order valence-corrected chi connectivity index (χ1v) is 14.0. The number of rotatable bonds is 8. The number of ether oxygens (including phenoxy) is 1. The summed E-state index contributed by atoms with van der Waals surface area (Å²) in [5, 5.41) is 22.1. The molecule has 2 atom stereocenters. The van der Waals surface area contributed by atoms with Crippen LogP contribution in [-0.4, -0.2) is 62.3 Å². The molecule has 3 aromatic heterocycles. The monoisotopic (exact) mass is 504 g/mol. The second-order valence-electron chi connectivity index (χ2n) is 10.4. The Morgan fingerprint density at radius 1 is 1.06 bits per heavy atom. The van der Waals surface area contributed by atoms with Gasteiger partial charge in [-0.3, -0.25) is 0 Å². The fourth-order valence-corrected chi connectivity index (χ4v) is 6.20. The summed E-state index contributed by atoms with van der Waals surface area (Å²) in [6.07, 6.45) is 2.56. The normalized spacial score (nSPS) is 17.4. The van der Waals surface area contributed by atoms with Crippen molar-refractivity contribution in [1.29, 1.82) is 0 Å². The zero-order valence-electron chi connectivity index (χ0n) is 21.2. The van der Waals surface area contributed by atoms with Crippen LogP contribution < -0.4 is 4.90 Å². The van der Waals surface area contributed by atoms with Crippen molar-refractivity contribution in [3.8, 4) is 0 Å². The van der Waals surface area contributed by atoms with Crippen molar-refractivity contribution in [3.05, 3.63) is 16.8 Å². The fraction of sp³-hybridized carbons (Fsp3) is 0.640. The van der Waals surface area contributed by atoms with E-state index in [2.05, 4.69) is 27.7 Å². The third-order valence-corrected chi connectivity index (χ3v) is 7.61. The third-order valence-electron chi connectivity index (χ3n) is 5.99. The van der Waals surface area contributed by atoms with Gasteiger partial charge in [-0.25, -0.2) is 15.0 Å². The van der Waals surface area contributed by atoms with Gasteiger partial charge in [0.25, 0.3) is 0 Å². The Balaban J connectivity index is 2.03. The molecule has 0 saturated carbocycles. The number of thioether (sulfide) groups is 1. The second kappa shape index (κ2) is 9.85. The lowest BCUT2D eigenvalue weighted by atomic mass is 9.88. The van der Waals surface area contributed by atoms with E-state index in [-0.39, 0.29) is 5.60 Å². The number of fused-ring (bicyclic) bond motifs is 5. The van der Waals surface area contributed by atoms with Crippen molar-refractivity contribution in [2.75, 3.05) is 24.2 Å². The maximum absolute atomic E-state index is 10.2. The van der Waals surface area contributed by atoms with Crippen LogP contribution in [0.25, 0.3) is 20.4 Å². The van der Waals surface area contributed by atoms with Crippen molar-refractivity contribution < 1.29 is 14.9 Å². The van der Waals surface area contributed by atoms with Crippen LogP contribution in [0, 0.1) is 5.92 Å². The summed E-state index contributed by atoms with van der Waals surface area (Å²) in [6, 6.07) is 0. The second-order valence-corrected chi connectivity index (χ2v) is 12.2. The number of hydrogen-bond acceptors (Lipinski definition) is 9. The summed E-state index contributed by atoms with van der Waals surface area (Å²) in [5.74, 6) is 1.24. The molecule has 0 fully saturated rings. The van der Waals surface area contributed by atoms with E-state index < -0.39 is 12.2 Å². The molecule has 0 saturated heterocycles. The summed E-state index contributed by atoms with van der Waals surface area (Å²) >= 11 is 3.11. The summed E-state index contributed by atoms with van der Waals surface area (Å²) in [6.45, 7) is 13.5. The highest BCUT2D eigenvalue weighted by Gasteiger charge is 2.32. The minimum Gasteiger partial charge on any atom is -0.392 e. The van der Waals surface area contributed by atoms with Gasteiger partial charge in [0.2, 0.25) is 0 Å². The Labute approximate surface area is 210 Å². The Hall–Kier alpha value is -1.52. The topological polar surface area (TPSA) is 91.6 Å². The molecule has 1 aliphatic rings. The molecule has 0 radical (unpaired) electrons. The molecular formula is C25H36N4O3S2. The van der Waals surface area contributed by atoms with Gasteiger partial charge in [-0.15, -0.1) is 11.3 Å². The SMILES string of the molecule is CSc1nc(N(C[C@H](C)O)C[C@@H](C)O)c2sc3nc(CC(C)C)c4c(c3c2n1)CC(C)(C)OC4. The maximum Gasteiger partial charge on any atom is 0.189 e. The number of anilines is 1. The highest BCUT2D eigenvalue weighted by molar-refractivity contribution is 7.98. The highest BCUT2D eigenvalue weighted by Crippen LogP contribution is 2.44. The zero-order chi connectivity index (χ0) is 24.8. The van der Waals surface area contributed by atoms with Crippen molar-refractivity contribution in [2.45, 2.75) is 84.0 Å².